The molecule has 2 fully saturated rings. The van der Waals surface area contributed by atoms with Crippen LogP contribution in [0.2, 0.25) is 0 Å². The van der Waals surface area contributed by atoms with Crippen LogP contribution >= 0.6 is 0 Å². The maximum atomic E-state index is 12.7. The molecule has 0 spiro atoms. The number of pyridine rings is 2. The molecule has 0 atom stereocenters. The van der Waals surface area contributed by atoms with Gasteiger partial charge in [0.15, 0.2) is 5.78 Å². The largest absolute Gasteiger partial charge is 0.393 e. The summed E-state index contributed by atoms with van der Waals surface area (Å²) in [5.74, 6) is 8.14. The van der Waals surface area contributed by atoms with Crippen molar-refractivity contribution in [2.45, 2.75) is 69.9 Å². The van der Waals surface area contributed by atoms with Gasteiger partial charge in [0.05, 0.1) is 17.4 Å². The molecule has 3 aromatic heterocycles. The standard InChI is InChI=1S/C35H36N6O2/c42-30-16-14-27(15-17-30)39-34-31(32-7-3-4-19-37-32)23-38-35(41-34)40-28-11-8-24(9-12-28)10-13-29-22-26(18-20-36-29)33(43)21-25-5-1-2-6-25/h3-4,7-9,11-12,18-20,22-23,25,27,30,42H,1-2,5-6,14-17,21H2,(H2,38,39,40,41). The van der Waals surface area contributed by atoms with Crippen LogP contribution in [0, 0.1) is 17.8 Å². The lowest BCUT2D eigenvalue weighted by Gasteiger charge is -2.27. The van der Waals surface area contributed by atoms with Crippen LogP contribution in [0.15, 0.2) is 73.2 Å². The van der Waals surface area contributed by atoms with Gasteiger partial charge in [-0.15, -0.1) is 0 Å². The number of aliphatic hydroxyl groups is 1. The summed E-state index contributed by atoms with van der Waals surface area (Å²) in [6.07, 6.45) is 13.7. The predicted molar refractivity (Wildman–Crippen MR) is 168 cm³/mol. The van der Waals surface area contributed by atoms with Crippen molar-refractivity contribution in [1.82, 2.24) is 19.9 Å². The number of aliphatic hydroxyl groups excluding tert-OH is 1. The second-order valence-electron chi connectivity index (χ2n) is 11.5. The smallest absolute Gasteiger partial charge is 0.229 e. The van der Waals surface area contributed by atoms with Crippen LogP contribution in [0.1, 0.15) is 79.4 Å². The highest BCUT2D eigenvalue weighted by molar-refractivity contribution is 5.96. The molecule has 0 bridgehead atoms. The monoisotopic (exact) mass is 572 g/mol. The molecule has 8 heteroatoms. The first-order valence-corrected chi connectivity index (χ1v) is 15.2. The molecule has 0 radical (unpaired) electrons. The summed E-state index contributed by atoms with van der Waals surface area (Å²) in [6.45, 7) is 0. The number of anilines is 3. The van der Waals surface area contributed by atoms with Gasteiger partial charge in [0.25, 0.3) is 0 Å². The molecular formula is C35H36N6O2. The molecule has 2 aliphatic rings. The van der Waals surface area contributed by atoms with E-state index in [1.165, 1.54) is 12.8 Å². The maximum Gasteiger partial charge on any atom is 0.229 e. The van der Waals surface area contributed by atoms with Crippen molar-refractivity contribution in [1.29, 1.82) is 0 Å². The van der Waals surface area contributed by atoms with Crippen molar-refractivity contribution in [3.8, 4) is 23.1 Å². The predicted octanol–water partition coefficient (Wildman–Crippen LogP) is 6.56. The first-order chi connectivity index (χ1) is 21.1. The van der Waals surface area contributed by atoms with Crippen molar-refractivity contribution >= 4 is 23.2 Å². The van der Waals surface area contributed by atoms with Crippen LogP contribution in [-0.2, 0) is 0 Å². The Morgan fingerprint density at radius 3 is 2.47 bits per heavy atom. The number of benzene rings is 1. The Balaban J connectivity index is 1.13. The van der Waals surface area contributed by atoms with E-state index < -0.39 is 0 Å². The molecule has 8 nitrogen and oxygen atoms in total. The Morgan fingerprint density at radius 2 is 1.70 bits per heavy atom. The number of nitrogens with zero attached hydrogens (tertiary/aromatic N) is 4. The zero-order valence-corrected chi connectivity index (χ0v) is 24.2. The Kier molecular flexibility index (Phi) is 9.00. The van der Waals surface area contributed by atoms with Crippen LogP contribution < -0.4 is 10.6 Å². The van der Waals surface area contributed by atoms with E-state index in [0.29, 0.717) is 29.5 Å². The fraction of sp³-hybridized carbons (Fsp3) is 0.343. The van der Waals surface area contributed by atoms with E-state index in [2.05, 4.69) is 37.4 Å². The van der Waals surface area contributed by atoms with Crippen LogP contribution in [-0.4, -0.2) is 43.0 Å². The van der Waals surface area contributed by atoms with Crippen molar-refractivity contribution < 1.29 is 9.90 Å². The van der Waals surface area contributed by atoms with Crippen molar-refractivity contribution in [2.75, 3.05) is 10.6 Å². The summed E-state index contributed by atoms with van der Waals surface area (Å²) in [4.78, 5) is 30.9. The molecular weight excluding hydrogens is 536 g/mol. The lowest BCUT2D eigenvalue weighted by atomic mass is 9.93. The minimum atomic E-state index is -0.222. The number of hydrogen-bond acceptors (Lipinski definition) is 8. The van der Waals surface area contributed by atoms with Crippen LogP contribution in [0.3, 0.4) is 0 Å². The lowest BCUT2D eigenvalue weighted by molar-refractivity contribution is 0.0962. The molecule has 2 saturated carbocycles. The quantitative estimate of drug-likeness (QED) is 0.161. The van der Waals surface area contributed by atoms with Crippen LogP contribution in [0.25, 0.3) is 11.3 Å². The second kappa shape index (κ2) is 13.6. The average Bonchev–Trinajstić information content (AvgIpc) is 3.56. The number of hydrogen-bond donors (Lipinski definition) is 3. The van der Waals surface area contributed by atoms with Crippen LogP contribution in [0.5, 0.6) is 0 Å². The van der Waals surface area contributed by atoms with Crippen LogP contribution in [0.4, 0.5) is 17.5 Å². The summed E-state index contributed by atoms with van der Waals surface area (Å²) in [5.41, 5.74) is 4.58. The van der Waals surface area contributed by atoms with E-state index in [9.17, 15) is 9.90 Å². The van der Waals surface area contributed by atoms with Crippen molar-refractivity contribution in [3.05, 3.63) is 90.0 Å². The highest BCUT2D eigenvalue weighted by Gasteiger charge is 2.22. The van der Waals surface area contributed by atoms with Gasteiger partial charge in [0.1, 0.15) is 11.5 Å². The van der Waals surface area contributed by atoms with E-state index in [1.54, 1.807) is 30.7 Å². The molecule has 3 heterocycles. The number of carbonyl (C=O) groups is 1. The molecule has 1 aromatic carbocycles. The third-order valence-electron chi connectivity index (χ3n) is 8.27. The van der Waals surface area contributed by atoms with Gasteiger partial charge in [0, 0.05) is 47.9 Å². The van der Waals surface area contributed by atoms with Gasteiger partial charge in [0.2, 0.25) is 5.95 Å². The van der Waals surface area contributed by atoms with Crippen molar-refractivity contribution in [2.24, 2.45) is 5.92 Å². The van der Waals surface area contributed by atoms with Gasteiger partial charge in [-0.1, -0.05) is 37.7 Å². The zero-order valence-electron chi connectivity index (χ0n) is 24.2. The highest BCUT2D eigenvalue weighted by atomic mass is 16.3. The van der Waals surface area contributed by atoms with Gasteiger partial charge in [-0.2, -0.15) is 4.98 Å². The minimum absolute atomic E-state index is 0.180. The summed E-state index contributed by atoms with van der Waals surface area (Å²) in [6, 6.07) is 17.3. The normalized spacial score (nSPS) is 18.4. The first-order valence-electron chi connectivity index (χ1n) is 15.2. The van der Waals surface area contributed by atoms with E-state index in [-0.39, 0.29) is 17.9 Å². The molecule has 4 aromatic rings. The SMILES string of the molecule is O=C(CC1CCCC1)c1ccnc(C#Cc2ccc(Nc3ncc(-c4ccccn4)c(NC4CCC(O)CC4)n3)cc2)c1. The first kappa shape index (κ1) is 28.5. The Morgan fingerprint density at radius 1 is 0.884 bits per heavy atom. The van der Waals surface area contributed by atoms with Gasteiger partial charge < -0.3 is 15.7 Å². The topological polar surface area (TPSA) is 113 Å². The molecule has 0 amide bonds. The summed E-state index contributed by atoms with van der Waals surface area (Å²) < 4.78 is 0. The Bertz CT molecular complexity index is 1600. The third kappa shape index (κ3) is 7.62. The van der Waals surface area contributed by atoms with Gasteiger partial charge >= 0.3 is 0 Å². The third-order valence-corrected chi connectivity index (χ3v) is 8.27. The maximum absolute atomic E-state index is 12.7. The number of aromatic nitrogens is 4. The highest BCUT2D eigenvalue weighted by Crippen LogP contribution is 2.30. The van der Waals surface area contributed by atoms with Gasteiger partial charge in [-0.3, -0.25) is 9.78 Å². The summed E-state index contributed by atoms with van der Waals surface area (Å²) >= 11 is 0. The Labute approximate surface area is 252 Å². The number of ketones is 1. The van der Waals surface area contributed by atoms with Gasteiger partial charge in [-0.25, -0.2) is 9.97 Å². The number of nitrogens with one attached hydrogen (secondary N) is 2. The van der Waals surface area contributed by atoms with Crippen molar-refractivity contribution in [3.63, 3.8) is 0 Å². The molecule has 0 saturated heterocycles. The minimum Gasteiger partial charge on any atom is -0.393 e. The fourth-order valence-electron chi connectivity index (χ4n) is 5.84. The molecule has 6 rings (SSSR count). The fourth-order valence-corrected chi connectivity index (χ4v) is 5.84. The van der Waals surface area contributed by atoms with E-state index in [1.807, 2.05) is 42.5 Å². The average molecular weight is 573 g/mol. The van der Waals surface area contributed by atoms with E-state index in [0.717, 1.165) is 66.9 Å². The molecule has 2 aliphatic carbocycles. The number of Topliss-reactive ketones (excluding diaryl/α,β-unsaturated/α-hetero) is 1. The second-order valence-corrected chi connectivity index (χ2v) is 11.5. The van der Waals surface area contributed by atoms with Gasteiger partial charge in [-0.05, 0) is 86.1 Å². The zero-order chi connectivity index (χ0) is 29.4. The molecule has 3 N–H and O–H groups in total. The number of carbonyl (C=O) groups excluding carboxylic acids is 1. The summed E-state index contributed by atoms with van der Waals surface area (Å²) in [7, 11) is 0. The number of rotatable bonds is 8. The molecule has 43 heavy (non-hydrogen) atoms. The lowest BCUT2D eigenvalue weighted by Crippen LogP contribution is -2.29. The van der Waals surface area contributed by atoms with E-state index in [4.69, 9.17) is 4.98 Å². The molecule has 218 valence electrons. The Hall–Kier alpha value is -4.61. The molecule has 0 unspecified atom stereocenters. The summed E-state index contributed by atoms with van der Waals surface area (Å²) in [5, 5.41) is 16.8. The van der Waals surface area contributed by atoms with E-state index >= 15 is 0 Å². The molecule has 0 aliphatic heterocycles.